The molecule has 0 bridgehead atoms. The van der Waals surface area contributed by atoms with Crippen LogP contribution >= 0.6 is 0 Å². The van der Waals surface area contributed by atoms with Crippen LogP contribution in [-0.4, -0.2) is 66.9 Å². The molecule has 3 aliphatic heterocycles. The van der Waals surface area contributed by atoms with Crippen LogP contribution < -0.4 is 16.0 Å². The Bertz CT molecular complexity index is 855. The second kappa shape index (κ2) is 7.42. The number of nitrogens with one attached hydrogen (secondary N) is 3. The van der Waals surface area contributed by atoms with E-state index in [1.54, 1.807) is 25.3 Å². The molecule has 3 N–H and O–H groups in total. The highest BCUT2D eigenvalue weighted by atomic mass is 16.5. The van der Waals surface area contributed by atoms with Crippen molar-refractivity contribution in [3.8, 4) is 0 Å². The molecule has 4 rings (SSSR count). The molecule has 148 valence electrons. The molecule has 2 fully saturated rings. The van der Waals surface area contributed by atoms with Crippen LogP contribution in [0.2, 0.25) is 0 Å². The smallest absolute Gasteiger partial charge is 0.262 e. The van der Waals surface area contributed by atoms with Gasteiger partial charge in [0.25, 0.3) is 11.8 Å². The van der Waals surface area contributed by atoms with Gasteiger partial charge in [0, 0.05) is 39.2 Å². The third kappa shape index (κ3) is 3.11. The number of fused-ring (bicyclic) bond motifs is 1. The lowest BCUT2D eigenvalue weighted by Crippen LogP contribution is -2.54. The highest BCUT2D eigenvalue weighted by Gasteiger charge is 2.45. The van der Waals surface area contributed by atoms with Gasteiger partial charge < -0.3 is 15.4 Å². The van der Waals surface area contributed by atoms with E-state index in [0.29, 0.717) is 23.2 Å². The van der Waals surface area contributed by atoms with Crippen LogP contribution in [0.4, 0.5) is 0 Å². The average Bonchev–Trinajstić information content (AvgIpc) is 3.24. The fourth-order valence-electron chi connectivity index (χ4n) is 4.08. The molecule has 0 spiro atoms. The number of amides is 4. The standard InChI is InChI=1S/C19H22N4O5/c1-28-14-9-20-8-12(14)21-7-10-3-2-4-11-16(10)19(27)23(18(11)26)13-5-6-15(24)22-17(13)25/h2-4,12-14,20-21H,5-9H2,1H3,(H,22,24,25)/t12-,13?,14-/m1/s1. The van der Waals surface area contributed by atoms with Crippen molar-refractivity contribution in [3.05, 3.63) is 34.9 Å². The van der Waals surface area contributed by atoms with Gasteiger partial charge in [0.2, 0.25) is 11.8 Å². The second-order valence-electron chi connectivity index (χ2n) is 7.21. The number of benzene rings is 1. The van der Waals surface area contributed by atoms with Crippen LogP contribution in [0.15, 0.2) is 18.2 Å². The van der Waals surface area contributed by atoms with E-state index in [0.717, 1.165) is 18.0 Å². The Hall–Kier alpha value is -2.62. The van der Waals surface area contributed by atoms with E-state index in [9.17, 15) is 19.2 Å². The Morgan fingerprint density at radius 3 is 2.75 bits per heavy atom. The number of carbonyl (C=O) groups excluding carboxylic acids is 4. The zero-order valence-corrected chi connectivity index (χ0v) is 15.5. The van der Waals surface area contributed by atoms with Gasteiger partial charge in [-0.3, -0.25) is 29.4 Å². The quantitative estimate of drug-likeness (QED) is 0.565. The van der Waals surface area contributed by atoms with Crippen molar-refractivity contribution in [2.45, 2.75) is 37.6 Å². The fraction of sp³-hybridized carbons (Fsp3) is 0.474. The highest BCUT2D eigenvalue weighted by molar-refractivity contribution is 6.24. The molecule has 0 saturated carbocycles. The first kappa shape index (κ1) is 18.7. The number of imide groups is 2. The van der Waals surface area contributed by atoms with Crippen molar-refractivity contribution in [1.82, 2.24) is 20.9 Å². The first-order valence-electron chi connectivity index (χ1n) is 9.31. The van der Waals surface area contributed by atoms with E-state index in [1.165, 1.54) is 0 Å². The van der Waals surface area contributed by atoms with E-state index < -0.39 is 23.8 Å². The normalized spacial score (nSPS) is 27.3. The van der Waals surface area contributed by atoms with Gasteiger partial charge in [-0.2, -0.15) is 0 Å². The predicted molar refractivity (Wildman–Crippen MR) is 97.4 cm³/mol. The summed E-state index contributed by atoms with van der Waals surface area (Å²) >= 11 is 0. The number of piperidine rings is 1. The summed E-state index contributed by atoms with van der Waals surface area (Å²) in [5, 5.41) is 8.83. The van der Waals surface area contributed by atoms with Crippen molar-refractivity contribution >= 4 is 23.6 Å². The number of hydrogen-bond acceptors (Lipinski definition) is 7. The monoisotopic (exact) mass is 386 g/mol. The molecule has 0 radical (unpaired) electrons. The minimum Gasteiger partial charge on any atom is -0.378 e. The first-order chi connectivity index (χ1) is 13.5. The molecule has 1 aromatic carbocycles. The summed E-state index contributed by atoms with van der Waals surface area (Å²) in [7, 11) is 1.66. The van der Waals surface area contributed by atoms with Gasteiger partial charge in [0.15, 0.2) is 0 Å². The summed E-state index contributed by atoms with van der Waals surface area (Å²) in [6.07, 6.45) is 0.284. The van der Waals surface area contributed by atoms with Crippen LogP contribution in [0.5, 0.6) is 0 Å². The fourth-order valence-corrected chi connectivity index (χ4v) is 4.08. The van der Waals surface area contributed by atoms with E-state index >= 15 is 0 Å². The van der Waals surface area contributed by atoms with Crippen molar-refractivity contribution in [3.63, 3.8) is 0 Å². The van der Waals surface area contributed by atoms with Crippen LogP contribution in [0.3, 0.4) is 0 Å². The lowest BCUT2D eigenvalue weighted by atomic mass is 10.0. The summed E-state index contributed by atoms with van der Waals surface area (Å²) in [4.78, 5) is 50.4. The van der Waals surface area contributed by atoms with Crippen LogP contribution in [0.25, 0.3) is 0 Å². The molecule has 2 saturated heterocycles. The Kier molecular flexibility index (Phi) is 4.96. The molecule has 9 heteroatoms. The number of methoxy groups -OCH3 is 1. The molecule has 4 amide bonds. The number of rotatable bonds is 5. The molecule has 3 atom stereocenters. The maximum Gasteiger partial charge on any atom is 0.262 e. The Balaban J connectivity index is 1.56. The zero-order chi connectivity index (χ0) is 19.8. The van der Waals surface area contributed by atoms with Crippen LogP contribution in [0.1, 0.15) is 39.1 Å². The van der Waals surface area contributed by atoms with Gasteiger partial charge in [0.05, 0.1) is 17.2 Å². The van der Waals surface area contributed by atoms with Crippen molar-refractivity contribution in [2.75, 3.05) is 20.2 Å². The van der Waals surface area contributed by atoms with E-state index in [1.807, 2.05) is 0 Å². The minimum absolute atomic E-state index is 0.0362. The molecule has 1 aromatic rings. The largest absolute Gasteiger partial charge is 0.378 e. The van der Waals surface area contributed by atoms with Gasteiger partial charge in [-0.15, -0.1) is 0 Å². The van der Waals surface area contributed by atoms with Crippen LogP contribution in [-0.2, 0) is 20.9 Å². The number of carbonyl (C=O) groups is 4. The topological polar surface area (TPSA) is 117 Å². The zero-order valence-electron chi connectivity index (χ0n) is 15.5. The molecule has 0 aliphatic carbocycles. The molecular formula is C19H22N4O5. The van der Waals surface area contributed by atoms with E-state index in [2.05, 4.69) is 16.0 Å². The molecule has 3 aliphatic rings. The number of ether oxygens (including phenoxy) is 1. The highest BCUT2D eigenvalue weighted by Crippen LogP contribution is 2.30. The van der Waals surface area contributed by atoms with Gasteiger partial charge in [0.1, 0.15) is 6.04 Å². The molecular weight excluding hydrogens is 364 g/mol. The summed E-state index contributed by atoms with van der Waals surface area (Å²) in [6, 6.07) is 4.27. The minimum atomic E-state index is -0.956. The molecule has 9 nitrogen and oxygen atoms in total. The first-order valence-corrected chi connectivity index (χ1v) is 9.31. The molecule has 1 unspecified atom stereocenters. The van der Waals surface area contributed by atoms with E-state index in [4.69, 9.17) is 4.74 Å². The van der Waals surface area contributed by atoms with Crippen LogP contribution in [0, 0.1) is 0 Å². The molecule has 3 heterocycles. The summed E-state index contributed by atoms with van der Waals surface area (Å²) in [5.74, 6) is -1.97. The Labute approximate surface area is 161 Å². The van der Waals surface area contributed by atoms with Crippen molar-refractivity contribution in [2.24, 2.45) is 0 Å². The van der Waals surface area contributed by atoms with E-state index in [-0.39, 0.29) is 30.9 Å². The van der Waals surface area contributed by atoms with Crippen molar-refractivity contribution < 1.29 is 23.9 Å². The van der Waals surface area contributed by atoms with Gasteiger partial charge >= 0.3 is 0 Å². The van der Waals surface area contributed by atoms with Gasteiger partial charge in [-0.25, -0.2) is 0 Å². The number of nitrogens with zero attached hydrogens (tertiary/aromatic N) is 1. The SMILES string of the molecule is CO[C@@H]1CNC[C@H]1NCc1cccc2c1C(=O)N(C1CCC(=O)NC1=O)C2=O. The lowest BCUT2D eigenvalue weighted by Gasteiger charge is -2.27. The average molecular weight is 386 g/mol. The van der Waals surface area contributed by atoms with Crippen molar-refractivity contribution in [1.29, 1.82) is 0 Å². The maximum atomic E-state index is 13.0. The summed E-state index contributed by atoms with van der Waals surface area (Å²) in [6.45, 7) is 1.90. The third-order valence-corrected chi connectivity index (χ3v) is 5.57. The molecule has 28 heavy (non-hydrogen) atoms. The van der Waals surface area contributed by atoms with Gasteiger partial charge in [-0.1, -0.05) is 12.1 Å². The van der Waals surface area contributed by atoms with Gasteiger partial charge in [-0.05, 0) is 18.1 Å². The maximum absolute atomic E-state index is 13.0. The Morgan fingerprint density at radius 1 is 1.18 bits per heavy atom. The second-order valence-corrected chi connectivity index (χ2v) is 7.21. The lowest BCUT2D eigenvalue weighted by molar-refractivity contribution is -0.136. The number of hydrogen-bond donors (Lipinski definition) is 3. The predicted octanol–water partition coefficient (Wildman–Crippen LogP) is -0.836. The Morgan fingerprint density at radius 2 is 2.00 bits per heavy atom. The molecule has 0 aromatic heterocycles. The third-order valence-electron chi connectivity index (χ3n) is 5.57. The summed E-state index contributed by atoms with van der Waals surface area (Å²) < 4.78 is 5.43. The summed E-state index contributed by atoms with van der Waals surface area (Å²) in [5.41, 5.74) is 1.32.